The lowest BCUT2D eigenvalue weighted by atomic mass is 9.99. The molecule has 0 unspecified atom stereocenters. The Labute approximate surface area is 136 Å². The third-order valence-electron chi connectivity index (χ3n) is 5.01. The lowest BCUT2D eigenvalue weighted by Gasteiger charge is -2.19. The van der Waals surface area contributed by atoms with Gasteiger partial charge in [0.2, 0.25) is 0 Å². The second kappa shape index (κ2) is 6.75. The van der Waals surface area contributed by atoms with Gasteiger partial charge in [-0.2, -0.15) is 0 Å². The molecule has 0 atom stereocenters. The lowest BCUT2D eigenvalue weighted by molar-refractivity contribution is -0.913. The van der Waals surface area contributed by atoms with Crippen LogP contribution in [0.3, 0.4) is 0 Å². The molecule has 124 valence electrons. The van der Waals surface area contributed by atoms with Crippen LogP contribution >= 0.6 is 0 Å². The summed E-state index contributed by atoms with van der Waals surface area (Å²) in [4.78, 5) is 13.3. The van der Waals surface area contributed by atoms with E-state index in [1.165, 1.54) is 36.6 Å². The van der Waals surface area contributed by atoms with E-state index < -0.39 is 0 Å². The monoisotopic (exact) mass is 316 g/mol. The number of hydrogen-bond donors (Lipinski definition) is 2. The molecule has 4 heteroatoms. The van der Waals surface area contributed by atoms with Crippen molar-refractivity contribution >= 4 is 11.0 Å². The van der Waals surface area contributed by atoms with E-state index in [2.05, 4.69) is 0 Å². The molecule has 0 amide bonds. The van der Waals surface area contributed by atoms with E-state index in [1.54, 1.807) is 0 Å². The number of quaternary nitrogens is 1. The van der Waals surface area contributed by atoms with Gasteiger partial charge in [-0.25, -0.2) is 4.79 Å². The molecule has 0 aliphatic carbocycles. The van der Waals surface area contributed by atoms with E-state index in [0.29, 0.717) is 11.3 Å². The zero-order chi connectivity index (χ0) is 16.4. The predicted octanol–water partition coefficient (Wildman–Crippen LogP) is 2.33. The van der Waals surface area contributed by atoms with Crippen molar-refractivity contribution in [2.75, 3.05) is 13.1 Å². The van der Waals surface area contributed by atoms with Gasteiger partial charge >= 0.3 is 5.63 Å². The van der Waals surface area contributed by atoms with Gasteiger partial charge in [-0.3, -0.25) is 0 Å². The summed E-state index contributed by atoms with van der Waals surface area (Å²) >= 11 is 0. The molecule has 2 N–H and O–H groups in total. The molecule has 0 bridgehead atoms. The first kappa shape index (κ1) is 16.1. The van der Waals surface area contributed by atoms with Crippen LogP contribution in [0.15, 0.2) is 21.3 Å². The number of fused-ring (bicyclic) bond motifs is 1. The lowest BCUT2D eigenvalue weighted by Crippen LogP contribution is -3.10. The average molecular weight is 316 g/mol. The number of nitrogens with one attached hydrogen (secondary N) is 1. The maximum atomic E-state index is 11.8. The minimum atomic E-state index is -0.342. The Hall–Kier alpha value is -1.81. The van der Waals surface area contributed by atoms with Crippen LogP contribution < -0.4 is 10.5 Å². The predicted molar refractivity (Wildman–Crippen MR) is 91.1 cm³/mol. The number of phenolic OH excluding ortho intramolecular Hbond substituents is 1. The number of rotatable bonds is 3. The smallest absolute Gasteiger partial charge is 0.336 e. The van der Waals surface area contributed by atoms with Crippen LogP contribution in [0.2, 0.25) is 0 Å². The standard InChI is InChI=1S/C19H25NO3/c1-3-14-11-15-13(2)10-17(21)23-19(15)16(18(14)22)12-20-8-6-4-5-7-9-20/h10-11,22H,3-9,12H2,1-2H3/p+1. The Morgan fingerprint density at radius 1 is 1.17 bits per heavy atom. The van der Waals surface area contributed by atoms with E-state index >= 15 is 0 Å². The highest BCUT2D eigenvalue weighted by molar-refractivity contribution is 5.86. The average Bonchev–Trinajstić information content (AvgIpc) is 2.79. The summed E-state index contributed by atoms with van der Waals surface area (Å²) in [7, 11) is 0. The fourth-order valence-electron chi connectivity index (χ4n) is 3.65. The summed E-state index contributed by atoms with van der Waals surface area (Å²) < 4.78 is 5.50. The molecule has 1 fully saturated rings. The van der Waals surface area contributed by atoms with Gasteiger partial charge in [0.15, 0.2) is 5.58 Å². The third kappa shape index (κ3) is 3.27. The molecule has 2 heterocycles. The van der Waals surface area contributed by atoms with Crippen LogP contribution in [0.1, 0.15) is 49.3 Å². The van der Waals surface area contributed by atoms with Crippen LogP contribution in [0, 0.1) is 6.92 Å². The number of hydrogen-bond acceptors (Lipinski definition) is 3. The van der Waals surface area contributed by atoms with Gasteiger partial charge < -0.3 is 14.4 Å². The summed E-state index contributed by atoms with van der Waals surface area (Å²) in [6.07, 6.45) is 5.80. The highest BCUT2D eigenvalue weighted by atomic mass is 16.4. The summed E-state index contributed by atoms with van der Waals surface area (Å²) in [5.74, 6) is 0.311. The summed E-state index contributed by atoms with van der Waals surface area (Å²) in [5.41, 5.74) is 2.88. The first-order chi connectivity index (χ1) is 11.1. The quantitative estimate of drug-likeness (QED) is 0.855. The first-order valence-corrected chi connectivity index (χ1v) is 8.72. The molecule has 23 heavy (non-hydrogen) atoms. The molecular formula is C19H26NO3+. The zero-order valence-electron chi connectivity index (χ0n) is 14.1. The molecule has 3 rings (SSSR count). The fraction of sp³-hybridized carbons (Fsp3) is 0.526. The van der Waals surface area contributed by atoms with E-state index in [9.17, 15) is 9.90 Å². The van der Waals surface area contributed by atoms with Crippen molar-refractivity contribution in [3.05, 3.63) is 39.2 Å². The van der Waals surface area contributed by atoms with Gasteiger partial charge in [-0.15, -0.1) is 0 Å². The zero-order valence-corrected chi connectivity index (χ0v) is 14.1. The summed E-state index contributed by atoms with van der Waals surface area (Å²) in [6, 6.07) is 3.49. The number of likely N-dealkylation sites (tertiary alicyclic amines) is 1. The van der Waals surface area contributed by atoms with E-state index in [-0.39, 0.29) is 5.63 Å². The van der Waals surface area contributed by atoms with Crippen molar-refractivity contribution in [3.63, 3.8) is 0 Å². The van der Waals surface area contributed by atoms with Crippen LogP contribution in [-0.2, 0) is 13.0 Å². The SMILES string of the molecule is CCc1cc2c(C)cc(=O)oc2c(C[NH+]2CCCCCC2)c1O. The molecule has 0 saturated carbocycles. The van der Waals surface area contributed by atoms with Gasteiger partial charge in [0.25, 0.3) is 0 Å². The van der Waals surface area contributed by atoms with Gasteiger partial charge in [-0.05, 0) is 56.2 Å². The molecular weight excluding hydrogens is 290 g/mol. The molecule has 1 aromatic carbocycles. The minimum absolute atomic E-state index is 0.311. The van der Waals surface area contributed by atoms with Crippen molar-refractivity contribution in [3.8, 4) is 5.75 Å². The molecule has 1 aromatic heterocycles. The highest BCUT2D eigenvalue weighted by Crippen LogP contribution is 2.32. The van der Waals surface area contributed by atoms with Gasteiger partial charge in [0.05, 0.1) is 18.7 Å². The van der Waals surface area contributed by atoms with Crippen molar-refractivity contribution in [2.24, 2.45) is 0 Å². The molecule has 1 aliphatic rings. The number of aryl methyl sites for hydroxylation is 2. The summed E-state index contributed by atoms with van der Waals surface area (Å²) in [6.45, 7) is 6.93. The molecule has 4 nitrogen and oxygen atoms in total. The van der Waals surface area contributed by atoms with Gasteiger partial charge in [-0.1, -0.05) is 6.92 Å². The Morgan fingerprint density at radius 3 is 2.52 bits per heavy atom. The minimum Gasteiger partial charge on any atom is -0.507 e. The summed E-state index contributed by atoms with van der Waals surface area (Å²) in [5, 5.41) is 11.6. The first-order valence-electron chi connectivity index (χ1n) is 8.72. The van der Waals surface area contributed by atoms with Crippen LogP contribution in [0.25, 0.3) is 11.0 Å². The van der Waals surface area contributed by atoms with Crippen LogP contribution in [0.5, 0.6) is 5.75 Å². The maximum Gasteiger partial charge on any atom is 0.336 e. The van der Waals surface area contributed by atoms with E-state index in [0.717, 1.165) is 48.1 Å². The molecule has 2 aromatic rings. The van der Waals surface area contributed by atoms with Crippen LogP contribution in [0.4, 0.5) is 0 Å². The molecule has 0 spiro atoms. The number of phenols is 1. The Kier molecular flexibility index (Phi) is 4.71. The fourth-order valence-corrected chi connectivity index (χ4v) is 3.65. The largest absolute Gasteiger partial charge is 0.507 e. The van der Waals surface area contributed by atoms with Gasteiger partial charge in [0.1, 0.15) is 12.3 Å². The van der Waals surface area contributed by atoms with E-state index in [4.69, 9.17) is 4.42 Å². The van der Waals surface area contributed by atoms with Crippen molar-refractivity contribution in [1.29, 1.82) is 0 Å². The second-order valence-electron chi connectivity index (χ2n) is 6.68. The van der Waals surface area contributed by atoms with E-state index in [1.807, 2.05) is 19.9 Å². The maximum absolute atomic E-state index is 11.8. The Bertz CT molecular complexity index is 755. The van der Waals surface area contributed by atoms with Crippen molar-refractivity contribution in [1.82, 2.24) is 0 Å². The van der Waals surface area contributed by atoms with Crippen molar-refractivity contribution < 1.29 is 14.4 Å². The van der Waals surface area contributed by atoms with Crippen molar-refractivity contribution in [2.45, 2.75) is 52.5 Å². The normalized spacial score (nSPS) is 16.6. The van der Waals surface area contributed by atoms with Crippen LogP contribution in [-0.4, -0.2) is 18.2 Å². The Morgan fingerprint density at radius 2 is 1.87 bits per heavy atom. The molecule has 0 radical (unpaired) electrons. The highest BCUT2D eigenvalue weighted by Gasteiger charge is 2.21. The Balaban J connectivity index is 2.12. The number of aromatic hydroxyl groups is 1. The molecule has 1 aliphatic heterocycles. The van der Waals surface area contributed by atoms with Gasteiger partial charge in [0, 0.05) is 11.5 Å². The number of benzene rings is 1. The topological polar surface area (TPSA) is 54.9 Å². The molecule has 1 saturated heterocycles. The second-order valence-corrected chi connectivity index (χ2v) is 6.68. The third-order valence-corrected chi connectivity index (χ3v) is 5.01.